The summed E-state index contributed by atoms with van der Waals surface area (Å²) in [6.45, 7) is 2.76. The average Bonchev–Trinajstić information content (AvgIpc) is 3.12. The van der Waals surface area contributed by atoms with Crippen LogP contribution in [0.4, 0.5) is 0 Å². The van der Waals surface area contributed by atoms with Gasteiger partial charge in [-0.2, -0.15) is 5.10 Å². The molecule has 0 radical (unpaired) electrons. The van der Waals surface area contributed by atoms with E-state index in [4.69, 9.17) is 6.42 Å². The predicted molar refractivity (Wildman–Crippen MR) is 114 cm³/mol. The zero-order chi connectivity index (χ0) is 20.6. The van der Waals surface area contributed by atoms with Crippen LogP contribution in [-0.2, 0) is 19.4 Å². The Morgan fingerprint density at radius 2 is 1.90 bits per heavy atom. The van der Waals surface area contributed by atoms with Crippen LogP contribution in [0.2, 0.25) is 0 Å². The number of carbonyl (C=O) groups is 1. The van der Waals surface area contributed by atoms with Crippen LogP contribution >= 0.6 is 0 Å². The second-order valence-corrected chi connectivity index (χ2v) is 6.96. The number of nitrogens with zero attached hydrogens (tertiary/aromatic N) is 3. The maximum Gasteiger partial charge on any atom is 0.336 e. The highest BCUT2D eigenvalue weighted by atomic mass is 16.4. The van der Waals surface area contributed by atoms with Gasteiger partial charge in [0.25, 0.3) is 0 Å². The van der Waals surface area contributed by atoms with Crippen molar-refractivity contribution < 1.29 is 9.90 Å². The Labute approximate surface area is 171 Å². The summed E-state index contributed by atoms with van der Waals surface area (Å²) >= 11 is 0. The maximum atomic E-state index is 11.5. The lowest BCUT2D eigenvalue weighted by Gasteiger charge is -2.09. The molecule has 2 aromatic carbocycles. The molecule has 0 aliphatic rings. The fourth-order valence-corrected chi connectivity index (χ4v) is 3.25. The zero-order valence-electron chi connectivity index (χ0n) is 16.6. The van der Waals surface area contributed by atoms with Crippen molar-refractivity contribution in [3.8, 4) is 23.5 Å². The van der Waals surface area contributed by atoms with Crippen LogP contribution < -0.4 is 0 Å². The lowest BCUT2D eigenvalue weighted by molar-refractivity contribution is 0.0697. The van der Waals surface area contributed by atoms with Gasteiger partial charge in [-0.05, 0) is 29.2 Å². The molecule has 148 valence electrons. The third-order valence-corrected chi connectivity index (χ3v) is 4.79. The van der Waals surface area contributed by atoms with Crippen molar-refractivity contribution in [3.05, 3.63) is 71.3 Å². The van der Waals surface area contributed by atoms with Gasteiger partial charge in [-0.3, -0.25) is 0 Å². The minimum Gasteiger partial charge on any atom is -0.478 e. The monoisotopic (exact) mass is 387 g/mol. The molecular formula is C24H25N3O2. The molecule has 1 N–H and O–H groups in total. The number of carboxylic acid groups (broad SMARTS) is 1. The van der Waals surface area contributed by atoms with E-state index in [1.807, 2.05) is 41.1 Å². The van der Waals surface area contributed by atoms with Crippen molar-refractivity contribution >= 4 is 5.97 Å². The van der Waals surface area contributed by atoms with Gasteiger partial charge in [0.15, 0.2) is 5.82 Å². The summed E-state index contributed by atoms with van der Waals surface area (Å²) in [6, 6.07) is 14.9. The zero-order valence-corrected chi connectivity index (χ0v) is 16.6. The number of hydrogen-bond donors (Lipinski definition) is 1. The third kappa shape index (κ3) is 5.11. The van der Waals surface area contributed by atoms with Crippen molar-refractivity contribution in [2.24, 2.45) is 0 Å². The molecule has 0 bridgehead atoms. The van der Waals surface area contributed by atoms with Crippen molar-refractivity contribution in [1.29, 1.82) is 0 Å². The highest BCUT2D eigenvalue weighted by molar-refractivity contribution is 5.95. The second-order valence-electron chi connectivity index (χ2n) is 6.96. The molecule has 0 saturated heterocycles. The molecule has 29 heavy (non-hydrogen) atoms. The molecule has 3 aromatic rings. The van der Waals surface area contributed by atoms with Crippen LogP contribution in [0.5, 0.6) is 0 Å². The minimum atomic E-state index is -0.926. The van der Waals surface area contributed by atoms with E-state index >= 15 is 0 Å². The molecule has 0 spiro atoms. The number of hydrogen-bond acceptors (Lipinski definition) is 3. The number of benzene rings is 2. The lowest BCUT2D eigenvalue weighted by Crippen LogP contribution is -2.07. The van der Waals surface area contributed by atoms with E-state index in [2.05, 4.69) is 22.9 Å². The Morgan fingerprint density at radius 1 is 1.14 bits per heavy atom. The number of aryl methyl sites for hydroxylation is 2. The first-order chi connectivity index (χ1) is 14.1. The molecule has 0 unspecified atom stereocenters. The molecule has 1 heterocycles. The molecule has 3 rings (SSSR count). The molecule has 0 saturated carbocycles. The molecular weight excluding hydrogens is 362 g/mol. The normalized spacial score (nSPS) is 10.6. The van der Waals surface area contributed by atoms with E-state index in [-0.39, 0.29) is 0 Å². The van der Waals surface area contributed by atoms with E-state index in [1.165, 1.54) is 0 Å². The van der Waals surface area contributed by atoms with Crippen molar-refractivity contribution in [1.82, 2.24) is 14.8 Å². The predicted octanol–water partition coefficient (Wildman–Crippen LogP) is 4.60. The first-order valence-corrected chi connectivity index (χ1v) is 9.90. The average molecular weight is 387 g/mol. The fraction of sp³-hybridized carbons (Fsp3) is 0.292. The van der Waals surface area contributed by atoms with Gasteiger partial charge in [0.1, 0.15) is 5.82 Å². The topological polar surface area (TPSA) is 68.0 Å². The highest BCUT2D eigenvalue weighted by Crippen LogP contribution is 2.24. The Balaban J connectivity index is 1.82. The Morgan fingerprint density at radius 3 is 2.59 bits per heavy atom. The van der Waals surface area contributed by atoms with Crippen LogP contribution in [-0.4, -0.2) is 25.8 Å². The second kappa shape index (κ2) is 9.70. The summed E-state index contributed by atoms with van der Waals surface area (Å²) in [5.41, 5.74) is 2.97. The van der Waals surface area contributed by atoms with Crippen molar-refractivity contribution in [2.75, 3.05) is 0 Å². The SMILES string of the molecule is C#CCCc1nc(CCCC)nn1Cc1ccc(-c2ccccc2C(=O)O)cc1. The van der Waals surface area contributed by atoms with Crippen LogP contribution in [0.15, 0.2) is 48.5 Å². The fourth-order valence-electron chi connectivity index (χ4n) is 3.25. The van der Waals surface area contributed by atoms with E-state index in [1.54, 1.807) is 12.1 Å². The van der Waals surface area contributed by atoms with Gasteiger partial charge in [0.05, 0.1) is 12.1 Å². The van der Waals surface area contributed by atoms with E-state index in [0.717, 1.165) is 42.0 Å². The molecule has 0 atom stereocenters. The van der Waals surface area contributed by atoms with Crippen molar-refractivity contribution in [2.45, 2.75) is 45.6 Å². The van der Waals surface area contributed by atoms with Gasteiger partial charge in [-0.25, -0.2) is 14.5 Å². The quantitative estimate of drug-likeness (QED) is 0.545. The molecule has 5 nitrogen and oxygen atoms in total. The lowest BCUT2D eigenvalue weighted by atomic mass is 9.99. The van der Waals surface area contributed by atoms with E-state index < -0.39 is 5.97 Å². The Hall–Kier alpha value is -3.39. The maximum absolute atomic E-state index is 11.5. The molecule has 5 heteroatoms. The standard InChI is InChI=1S/C24H25N3O2/c1-3-5-11-22-25-23(12-6-4-2)27(26-22)17-18-13-15-19(16-14-18)20-9-7-8-10-21(20)24(28)29/h2,7-10,13-16H,3,5-6,11-12,17H2,1H3,(H,28,29). The van der Waals surface area contributed by atoms with Gasteiger partial charge in [0.2, 0.25) is 0 Å². The number of rotatable bonds is 9. The Bertz CT molecular complexity index is 1010. The molecule has 0 aliphatic heterocycles. The molecule has 0 amide bonds. The number of aromatic nitrogens is 3. The number of terminal acetylenes is 1. The largest absolute Gasteiger partial charge is 0.478 e. The van der Waals surface area contributed by atoms with E-state index in [0.29, 0.717) is 30.5 Å². The first-order valence-electron chi connectivity index (χ1n) is 9.90. The van der Waals surface area contributed by atoms with Crippen LogP contribution in [0.25, 0.3) is 11.1 Å². The third-order valence-electron chi connectivity index (χ3n) is 4.79. The van der Waals surface area contributed by atoms with Crippen LogP contribution in [0.3, 0.4) is 0 Å². The first kappa shape index (κ1) is 20.3. The summed E-state index contributed by atoms with van der Waals surface area (Å²) < 4.78 is 1.93. The number of carboxylic acids is 1. The summed E-state index contributed by atoms with van der Waals surface area (Å²) in [5.74, 6) is 3.52. The van der Waals surface area contributed by atoms with Gasteiger partial charge in [-0.1, -0.05) is 55.8 Å². The summed E-state index contributed by atoms with van der Waals surface area (Å²) in [5, 5.41) is 14.1. The smallest absolute Gasteiger partial charge is 0.336 e. The molecule has 0 aliphatic carbocycles. The van der Waals surface area contributed by atoms with Gasteiger partial charge >= 0.3 is 5.97 Å². The van der Waals surface area contributed by atoms with Crippen LogP contribution in [0.1, 0.15) is 53.8 Å². The Kier molecular flexibility index (Phi) is 6.80. The summed E-state index contributed by atoms with van der Waals surface area (Å²) in [4.78, 5) is 16.1. The highest BCUT2D eigenvalue weighted by Gasteiger charge is 2.12. The van der Waals surface area contributed by atoms with E-state index in [9.17, 15) is 9.90 Å². The number of unbranched alkanes of at least 4 members (excludes halogenated alkanes) is 1. The molecule has 1 aromatic heterocycles. The number of aromatic carboxylic acids is 1. The summed E-state index contributed by atoms with van der Waals surface area (Å²) in [6.07, 6.45) is 9.81. The van der Waals surface area contributed by atoms with Gasteiger partial charge in [-0.15, -0.1) is 12.3 Å². The van der Waals surface area contributed by atoms with Crippen LogP contribution in [0, 0.1) is 12.3 Å². The summed E-state index contributed by atoms with van der Waals surface area (Å²) in [7, 11) is 0. The van der Waals surface area contributed by atoms with Crippen molar-refractivity contribution in [3.63, 3.8) is 0 Å². The van der Waals surface area contributed by atoms with Gasteiger partial charge in [0, 0.05) is 19.3 Å². The minimum absolute atomic E-state index is 0.300. The van der Waals surface area contributed by atoms with Gasteiger partial charge < -0.3 is 5.11 Å². The molecule has 0 fully saturated rings.